The van der Waals surface area contributed by atoms with Crippen molar-refractivity contribution in [1.29, 1.82) is 0 Å². The van der Waals surface area contributed by atoms with Gasteiger partial charge in [0.2, 0.25) is 5.91 Å². The van der Waals surface area contributed by atoms with Gasteiger partial charge in [-0.3, -0.25) is 4.79 Å². The molecule has 0 radical (unpaired) electrons. The van der Waals surface area contributed by atoms with Gasteiger partial charge in [0.1, 0.15) is 0 Å². The highest BCUT2D eigenvalue weighted by atomic mass is 19.4. The third kappa shape index (κ3) is 3.84. The fraction of sp³-hybridized carbons (Fsp3) is 0.188. The van der Waals surface area contributed by atoms with Gasteiger partial charge in [-0.05, 0) is 29.8 Å². The Bertz CT molecular complexity index is 606. The molecule has 0 bridgehead atoms. The average molecular weight is 293 g/mol. The first-order valence-corrected chi connectivity index (χ1v) is 6.37. The van der Waals surface area contributed by atoms with Crippen LogP contribution in [0.4, 0.5) is 18.9 Å². The number of halogens is 3. The molecule has 0 aromatic heterocycles. The zero-order valence-corrected chi connectivity index (χ0v) is 11.4. The molecule has 0 aliphatic heterocycles. The van der Waals surface area contributed by atoms with Crippen LogP contribution in [0, 0.1) is 0 Å². The molecular formula is C16H14F3NO. The Labute approximate surface area is 120 Å². The van der Waals surface area contributed by atoms with Crippen molar-refractivity contribution in [3.05, 3.63) is 65.7 Å². The largest absolute Gasteiger partial charge is 0.416 e. The summed E-state index contributed by atoms with van der Waals surface area (Å²) in [7, 11) is 0. The summed E-state index contributed by atoms with van der Waals surface area (Å²) >= 11 is 0. The zero-order valence-electron chi connectivity index (χ0n) is 11.4. The van der Waals surface area contributed by atoms with E-state index in [1.54, 1.807) is 0 Å². The molecule has 2 rings (SSSR count). The summed E-state index contributed by atoms with van der Waals surface area (Å²) in [5.41, 5.74) is 0.626. The van der Waals surface area contributed by atoms with Crippen LogP contribution in [0.25, 0.3) is 0 Å². The van der Waals surface area contributed by atoms with Gasteiger partial charge in [0.05, 0.1) is 12.1 Å². The van der Waals surface area contributed by atoms with Crippen LogP contribution in [0.15, 0.2) is 54.6 Å². The van der Waals surface area contributed by atoms with Gasteiger partial charge < -0.3 is 4.90 Å². The normalized spacial score (nSPS) is 11.2. The van der Waals surface area contributed by atoms with Crippen molar-refractivity contribution in [1.82, 2.24) is 0 Å². The van der Waals surface area contributed by atoms with E-state index in [9.17, 15) is 18.0 Å². The number of benzene rings is 2. The van der Waals surface area contributed by atoms with E-state index < -0.39 is 11.7 Å². The summed E-state index contributed by atoms with van der Waals surface area (Å²) in [6, 6.07) is 13.9. The van der Waals surface area contributed by atoms with Crippen LogP contribution in [0.3, 0.4) is 0 Å². The Morgan fingerprint density at radius 3 is 2.05 bits per heavy atom. The topological polar surface area (TPSA) is 20.3 Å². The molecule has 2 aromatic carbocycles. The van der Waals surface area contributed by atoms with Crippen molar-refractivity contribution in [3.8, 4) is 0 Å². The summed E-state index contributed by atoms with van der Waals surface area (Å²) in [4.78, 5) is 13.2. The number of hydrogen-bond acceptors (Lipinski definition) is 1. The molecule has 0 saturated carbocycles. The van der Waals surface area contributed by atoms with Gasteiger partial charge in [0.15, 0.2) is 0 Å². The van der Waals surface area contributed by atoms with Crippen molar-refractivity contribution in [2.75, 3.05) is 4.90 Å². The molecule has 0 N–H and O–H groups in total. The Morgan fingerprint density at radius 2 is 1.57 bits per heavy atom. The van der Waals surface area contributed by atoms with E-state index in [1.807, 2.05) is 30.3 Å². The van der Waals surface area contributed by atoms with Crippen LogP contribution < -0.4 is 4.90 Å². The summed E-state index contributed by atoms with van der Waals surface area (Å²) in [6.45, 7) is 1.71. The summed E-state index contributed by atoms with van der Waals surface area (Å²) < 4.78 is 37.6. The molecule has 0 aliphatic carbocycles. The predicted octanol–water partition coefficient (Wildman–Crippen LogP) is 4.26. The molecule has 0 unspecified atom stereocenters. The van der Waals surface area contributed by atoms with E-state index >= 15 is 0 Å². The van der Waals surface area contributed by atoms with Gasteiger partial charge in [0, 0.05) is 12.6 Å². The lowest BCUT2D eigenvalue weighted by Gasteiger charge is -2.22. The Balaban J connectivity index is 2.25. The van der Waals surface area contributed by atoms with Gasteiger partial charge in [-0.2, -0.15) is 13.2 Å². The molecule has 0 atom stereocenters. The second-order valence-corrected chi connectivity index (χ2v) is 4.64. The number of nitrogens with zero attached hydrogens (tertiary/aromatic N) is 1. The standard InChI is InChI=1S/C16H14F3NO/c1-12(21)20(11-13-5-3-2-4-6-13)15-9-7-14(8-10-15)16(17,18)19/h2-10H,11H2,1H3. The smallest absolute Gasteiger partial charge is 0.308 e. The zero-order chi connectivity index (χ0) is 15.5. The first kappa shape index (κ1) is 15.1. The second-order valence-electron chi connectivity index (χ2n) is 4.64. The number of amides is 1. The van der Waals surface area contributed by atoms with Crippen LogP contribution in [0.2, 0.25) is 0 Å². The number of rotatable bonds is 3. The number of hydrogen-bond donors (Lipinski definition) is 0. The van der Waals surface area contributed by atoms with Gasteiger partial charge in [0.25, 0.3) is 0 Å². The van der Waals surface area contributed by atoms with Gasteiger partial charge in [-0.1, -0.05) is 30.3 Å². The van der Waals surface area contributed by atoms with Crippen molar-refractivity contribution in [2.24, 2.45) is 0 Å². The van der Waals surface area contributed by atoms with E-state index in [0.717, 1.165) is 17.7 Å². The minimum atomic E-state index is -4.38. The third-order valence-electron chi connectivity index (χ3n) is 3.07. The third-order valence-corrected chi connectivity index (χ3v) is 3.07. The lowest BCUT2D eigenvalue weighted by atomic mass is 10.1. The molecule has 0 fully saturated rings. The van der Waals surface area contributed by atoms with E-state index in [4.69, 9.17) is 0 Å². The Hall–Kier alpha value is -2.30. The van der Waals surface area contributed by atoms with Crippen LogP contribution >= 0.6 is 0 Å². The SMILES string of the molecule is CC(=O)N(Cc1ccccc1)c1ccc(C(F)(F)F)cc1. The maximum Gasteiger partial charge on any atom is 0.416 e. The minimum absolute atomic E-state index is 0.224. The Kier molecular flexibility index (Phi) is 4.31. The molecular weight excluding hydrogens is 279 g/mol. The minimum Gasteiger partial charge on any atom is -0.308 e. The van der Waals surface area contributed by atoms with Crippen LogP contribution in [-0.4, -0.2) is 5.91 Å². The highest BCUT2D eigenvalue weighted by Crippen LogP contribution is 2.30. The molecule has 2 nitrogen and oxygen atoms in total. The van der Waals surface area contributed by atoms with E-state index in [1.165, 1.54) is 24.0 Å². The molecule has 110 valence electrons. The highest BCUT2D eigenvalue weighted by molar-refractivity contribution is 5.91. The van der Waals surface area contributed by atoms with Crippen molar-refractivity contribution >= 4 is 11.6 Å². The van der Waals surface area contributed by atoms with Crippen LogP contribution in [0.5, 0.6) is 0 Å². The van der Waals surface area contributed by atoms with Crippen molar-refractivity contribution in [3.63, 3.8) is 0 Å². The first-order chi connectivity index (χ1) is 9.88. The molecule has 2 aromatic rings. The number of alkyl halides is 3. The number of carbonyl (C=O) groups is 1. The Morgan fingerprint density at radius 1 is 1.00 bits per heavy atom. The maximum atomic E-state index is 12.5. The predicted molar refractivity (Wildman–Crippen MR) is 74.8 cm³/mol. The molecule has 0 heterocycles. The summed E-state index contributed by atoms with van der Waals surface area (Å²) in [5, 5.41) is 0. The van der Waals surface area contributed by atoms with Crippen LogP contribution in [0.1, 0.15) is 18.1 Å². The lowest BCUT2D eigenvalue weighted by molar-refractivity contribution is -0.137. The van der Waals surface area contributed by atoms with Gasteiger partial charge >= 0.3 is 6.18 Å². The van der Waals surface area contributed by atoms with E-state index in [0.29, 0.717) is 12.2 Å². The van der Waals surface area contributed by atoms with Crippen LogP contribution in [-0.2, 0) is 17.5 Å². The maximum absolute atomic E-state index is 12.5. The molecule has 0 aliphatic rings. The van der Waals surface area contributed by atoms with Gasteiger partial charge in [-0.15, -0.1) is 0 Å². The average Bonchev–Trinajstić information content (AvgIpc) is 2.45. The van der Waals surface area contributed by atoms with Crippen molar-refractivity contribution < 1.29 is 18.0 Å². The lowest BCUT2D eigenvalue weighted by Crippen LogP contribution is -2.27. The first-order valence-electron chi connectivity index (χ1n) is 6.37. The quantitative estimate of drug-likeness (QED) is 0.828. The second kappa shape index (κ2) is 5.99. The number of carbonyl (C=O) groups excluding carboxylic acids is 1. The van der Waals surface area contributed by atoms with E-state index in [2.05, 4.69) is 0 Å². The fourth-order valence-corrected chi connectivity index (χ4v) is 1.98. The fourth-order valence-electron chi connectivity index (χ4n) is 1.98. The number of anilines is 1. The monoisotopic (exact) mass is 293 g/mol. The summed E-state index contributed by atoms with van der Waals surface area (Å²) in [5.74, 6) is -0.224. The van der Waals surface area contributed by atoms with Gasteiger partial charge in [-0.25, -0.2) is 0 Å². The van der Waals surface area contributed by atoms with E-state index in [-0.39, 0.29) is 5.91 Å². The molecule has 0 spiro atoms. The molecule has 21 heavy (non-hydrogen) atoms. The molecule has 0 saturated heterocycles. The molecule has 1 amide bonds. The highest BCUT2D eigenvalue weighted by Gasteiger charge is 2.30. The molecule has 5 heteroatoms. The summed E-state index contributed by atoms with van der Waals surface area (Å²) in [6.07, 6.45) is -4.38. The van der Waals surface area contributed by atoms with Crippen molar-refractivity contribution in [2.45, 2.75) is 19.6 Å².